The van der Waals surface area contributed by atoms with Crippen LogP contribution >= 0.6 is 0 Å². The summed E-state index contributed by atoms with van der Waals surface area (Å²) in [5, 5.41) is 2.63. The highest BCUT2D eigenvalue weighted by molar-refractivity contribution is 5.90. The lowest BCUT2D eigenvalue weighted by Crippen LogP contribution is -2.33. The molecule has 1 aliphatic heterocycles. The zero-order valence-electron chi connectivity index (χ0n) is 18.0. The molecule has 1 aliphatic carbocycles. The molecule has 0 radical (unpaired) electrons. The van der Waals surface area contributed by atoms with Gasteiger partial charge in [0.1, 0.15) is 11.9 Å². The van der Waals surface area contributed by atoms with Gasteiger partial charge in [-0.15, -0.1) is 0 Å². The topological polar surface area (TPSA) is 74.8 Å². The smallest absolute Gasteiger partial charge is 0.414 e. The maximum Gasteiger partial charge on any atom is 0.414 e. The molecule has 2 aromatic rings. The Morgan fingerprint density at radius 1 is 1.32 bits per heavy atom. The van der Waals surface area contributed by atoms with Crippen LogP contribution in [0.2, 0.25) is 0 Å². The summed E-state index contributed by atoms with van der Waals surface area (Å²) in [5.74, 6) is -0.626. The fourth-order valence-corrected chi connectivity index (χ4v) is 4.12. The Labute approximate surface area is 181 Å². The first-order chi connectivity index (χ1) is 14.8. The number of rotatable bonds is 7. The number of carbonyl (C=O) groups excluding carboxylic acids is 2. The van der Waals surface area contributed by atoms with Gasteiger partial charge in [-0.2, -0.15) is 0 Å². The standard InChI is InChI=1S/C23H27FN4O3/c1-15(29)25-12-18-13-28(22(30)31-18)17-5-6-19(20(24)10-17)16-4-7-21(26-11-16)23(8-9-23)14-27(2)3/h4-7,10-11,18H,8-9,12-14H2,1-3H3,(H,25,29). The normalized spacial score (nSPS) is 19.5. The molecule has 2 aliphatic rings. The van der Waals surface area contributed by atoms with Crippen LogP contribution < -0.4 is 10.2 Å². The van der Waals surface area contributed by atoms with Crippen molar-refractivity contribution in [3.8, 4) is 11.1 Å². The number of carbonyl (C=O) groups is 2. The maximum absolute atomic E-state index is 14.9. The van der Waals surface area contributed by atoms with Gasteiger partial charge in [0.25, 0.3) is 0 Å². The van der Waals surface area contributed by atoms with Gasteiger partial charge < -0.3 is 15.0 Å². The number of hydrogen-bond acceptors (Lipinski definition) is 5. The molecule has 31 heavy (non-hydrogen) atoms. The number of ether oxygens (including phenoxy) is 1. The lowest BCUT2D eigenvalue weighted by molar-refractivity contribution is -0.119. The summed E-state index contributed by atoms with van der Waals surface area (Å²) in [6, 6.07) is 8.58. The minimum absolute atomic E-state index is 0.119. The van der Waals surface area contributed by atoms with Gasteiger partial charge in [-0.1, -0.05) is 6.07 Å². The Kier molecular flexibility index (Phi) is 5.66. The lowest BCUT2D eigenvalue weighted by atomic mass is 9.99. The van der Waals surface area contributed by atoms with Crippen molar-refractivity contribution in [2.24, 2.45) is 0 Å². The van der Waals surface area contributed by atoms with Crippen LogP contribution in [0.5, 0.6) is 0 Å². The molecule has 1 aromatic heterocycles. The summed E-state index contributed by atoms with van der Waals surface area (Å²) in [5.41, 5.74) is 2.72. The van der Waals surface area contributed by atoms with Crippen LogP contribution in [0.15, 0.2) is 36.5 Å². The second-order valence-electron chi connectivity index (χ2n) is 8.67. The Morgan fingerprint density at radius 2 is 2.10 bits per heavy atom. The van der Waals surface area contributed by atoms with Crippen LogP contribution in [0, 0.1) is 5.82 Å². The van der Waals surface area contributed by atoms with Crippen molar-refractivity contribution >= 4 is 17.7 Å². The van der Waals surface area contributed by atoms with E-state index in [1.807, 2.05) is 12.1 Å². The van der Waals surface area contributed by atoms with E-state index in [4.69, 9.17) is 4.74 Å². The zero-order valence-corrected chi connectivity index (χ0v) is 18.0. The molecule has 1 saturated carbocycles. The first kappa shape index (κ1) is 21.2. The van der Waals surface area contributed by atoms with Gasteiger partial charge in [0.05, 0.1) is 18.8 Å². The number of nitrogens with zero attached hydrogens (tertiary/aromatic N) is 3. The Hall–Kier alpha value is -3.00. The van der Waals surface area contributed by atoms with Crippen molar-refractivity contribution in [1.29, 1.82) is 0 Å². The molecule has 1 N–H and O–H groups in total. The van der Waals surface area contributed by atoms with E-state index in [0.717, 1.165) is 25.1 Å². The summed E-state index contributed by atoms with van der Waals surface area (Å²) < 4.78 is 20.2. The third kappa shape index (κ3) is 4.54. The first-order valence-electron chi connectivity index (χ1n) is 10.4. The third-order valence-electron chi connectivity index (χ3n) is 5.81. The number of amides is 2. The van der Waals surface area contributed by atoms with Crippen LogP contribution in [0.1, 0.15) is 25.5 Å². The predicted octanol–water partition coefficient (Wildman–Crippen LogP) is 2.94. The van der Waals surface area contributed by atoms with Gasteiger partial charge in [0.2, 0.25) is 5.91 Å². The molecule has 1 saturated heterocycles. The molecule has 2 fully saturated rings. The van der Waals surface area contributed by atoms with Crippen LogP contribution in [0.4, 0.5) is 14.9 Å². The second kappa shape index (κ2) is 8.26. The fraction of sp³-hybridized carbons (Fsp3) is 0.435. The minimum Gasteiger partial charge on any atom is -0.442 e. The summed E-state index contributed by atoms with van der Waals surface area (Å²) in [7, 11) is 4.12. The molecule has 0 spiro atoms. The number of cyclic esters (lactones) is 1. The SMILES string of the molecule is CC(=O)NCC1CN(c2ccc(-c3ccc(C4(CN(C)C)CC4)nc3)c(F)c2)C(=O)O1. The van der Waals surface area contributed by atoms with E-state index in [0.29, 0.717) is 16.8 Å². The molecule has 4 rings (SSSR count). The van der Waals surface area contributed by atoms with Crippen molar-refractivity contribution in [1.82, 2.24) is 15.2 Å². The maximum atomic E-state index is 14.9. The number of hydrogen-bond donors (Lipinski definition) is 1. The van der Waals surface area contributed by atoms with Gasteiger partial charge >= 0.3 is 6.09 Å². The van der Waals surface area contributed by atoms with Crippen molar-refractivity contribution in [2.45, 2.75) is 31.3 Å². The highest BCUT2D eigenvalue weighted by Gasteiger charge is 2.45. The Morgan fingerprint density at radius 3 is 2.68 bits per heavy atom. The van der Waals surface area contributed by atoms with Gasteiger partial charge in [-0.25, -0.2) is 9.18 Å². The summed E-state index contributed by atoms with van der Waals surface area (Å²) in [4.78, 5) is 31.4. The van der Waals surface area contributed by atoms with Crippen molar-refractivity contribution in [3.05, 3.63) is 48.0 Å². The average Bonchev–Trinajstić information content (AvgIpc) is 3.39. The first-order valence-corrected chi connectivity index (χ1v) is 10.4. The monoisotopic (exact) mass is 426 g/mol. The number of nitrogens with one attached hydrogen (secondary N) is 1. The summed E-state index contributed by atoms with van der Waals surface area (Å²) in [6.07, 6.45) is 2.94. The van der Waals surface area contributed by atoms with E-state index in [-0.39, 0.29) is 24.4 Å². The quantitative estimate of drug-likeness (QED) is 0.737. The van der Waals surface area contributed by atoms with E-state index < -0.39 is 18.0 Å². The van der Waals surface area contributed by atoms with E-state index in [1.165, 1.54) is 17.9 Å². The second-order valence-corrected chi connectivity index (χ2v) is 8.67. The molecule has 164 valence electrons. The number of likely N-dealkylation sites (N-methyl/N-ethyl adjacent to an activating group) is 1. The highest BCUT2D eigenvalue weighted by Crippen LogP contribution is 2.47. The molecule has 0 bridgehead atoms. The van der Waals surface area contributed by atoms with Gasteiger partial charge in [-0.3, -0.25) is 14.7 Å². The molecule has 1 atom stereocenters. The van der Waals surface area contributed by atoms with Crippen molar-refractivity contribution in [3.63, 3.8) is 0 Å². The van der Waals surface area contributed by atoms with E-state index in [2.05, 4.69) is 29.3 Å². The number of pyridine rings is 1. The number of benzene rings is 1. The molecule has 1 aromatic carbocycles. The Balaban J connectivity index is 1.48. The number of aromatic nitrogens is 1. The molecule has 1 unspecified atom stereocenters. The zero-order chi connectivity index (χ0) is 22.2. The number of halogens is 1. The summed E-state index contributed by atoms with van der Waals surface area (Å²) >= 11 is 0. The lowest BCUT2D eigenvalue weighted by Gasteiger charge is -2.20. The van der Waals surface area contributed by atoms with Crippen LogP contribution in [0.3, 0.4) is 0 Å². The molecule has 8 heteroatoms. The van der Waals surface area contributed by atoms with Crippen molar-refractivity contribution < 1.29 is 18.7 Å². The summed E-state index contributed by atoms with van der Waals surface area (Å²) in [6.45, 7) is 2.83. The average molecular weight is 426 g/mol. The van der Waals surface area contributed by atoms with Crippen LogP contribution in [-0.4, -0.2) is 61.7 Å². The highest BCUT2D eigenvalue weighted by atomic mass is 19.1. The van der Waals surface area contributed by atoms with E-state index in [9.17, 15) is 14.0 Å². The molecular weight excluding hydrogens is 399 g/mol. The van der Waals surface area contributed by atoms with Crippen LogP contribution in [0.25, 0.3) is 11.1 Å². The van der Waals surface area contributed by atoms with E-state index in [1.54, 1.807) is 18.3 Å². The fourth-order valence-electron chi connectivity index (χ4n) is 4.12. The van der Waals surface area contributed by atoms with E-state index >= 15 is 0 Å². The molecule has 2 heterocycles. The predicted molar refractivity (Wildman–Crippen MR) is 115 cm³/mol. The van der Waals surface area contributed by atoms with Gasteiger partial charge in [0.15, 0.2) is 0 Å². The molecule has 2 amide bonds. The largest absolute Gasteiger partial charge is 0.442 e. The minimum atomic E-state index is -0.552. The molecule has 7 nitrogen and oxygen atoms in total. The van der Waals surface area contributed by atoms with Gasteiger partial charge in [0, 0.05) is 41.9 Å². The molecular formula is C23H27FN4O3. The Bertz CT molecular complexity index is 989. The third-order valence-corrected chi connectivity index (χ3v) is 5.81. The van der Waals surface area contributed by atoms with Crippen molar-refractivity contribution in [2.75, 3.05) is 38.6 Å². The van der Waals surface area contributed by atoms with Gasteiger partial charge in [-0.05, 0) is 51.2 Å². The van der Waals surface area contributed by atoms with Crippen LogP contribution in [-0.2, 0) is 14.9 Å². The number of anilines is 1.